The Labute approximate surface area is 144 Å². The van der Waals surface area contributed by atoms with Crippen molar-refractivity contribution in [1.29, 1.82) is 0 Å². The number of nitrogens with zero attached hydrogens (tertiary/aromatic N) is 1. The van der Waals surface area contributed by atoms with Crippen LogP contribution in [0.4, 0.5) is 0 Å². The quantitative estimate of drug-likeness (QED) is 0.877. The molecule has 2 aromatic carbocycles. The van der Waals surface area contributed by atoms with Crippen molar-refractivity contribution >= 4 is 5.91 Å². The van der Waals surface area contributed by atoms with E-state index in [0.29, 0.717) is 12.5 Å². The molecule has 0 radical (unpaired) electrons. The van der Waals surface area contributed by atoms with E-state index in [1.165, 1.54) is 37.1 Å². The first-order valence-electron chi connectivity index (χ1n) is 8.87. The average Bonchev–Trinajstić information content (AvgIpc) is 3.14. The summed E-state index contributed by atoms with van der Waals surface area (Å²) in [6.45, 7) is 6.17. The first kappa shape index (κ1) is 16.7. The second-order valence-electron chi connectivity index (χ2n) is 6.70. The van der Waals surface area contributed by atoms with Crippen LogP contribution in [0, 0.1) is 0 Å². The van der Waals surface area contributed by atoms with E-state index in [2.05, 4.69) is 41.4 Å². The molecule has 0 spiro atoms. The van der Waals surface area contributed by atoms with E-state index in [1.54, 1.807) is 0 Å². The molecule has 1 fully saturated rings. The molecule has 3 nitrogen and oxygen atoms in total. The molecule has 1 aliphatic rings. The molecule has 1 saturated heterocycles. The normalized spacial score (nSPS) is 16.0. The van der Waals surface area contributed by atoms with Crippen molar-refractivity contribution in [1.82, 2.24) is 10.2 Å². The molecule has 3 rings (SSSR count). The fraction of sp³-hybridized carbons (Fsp3) is 0.381. The van der Waals surface area contributed by atoms with Crippen molar-refractivity contribution in [2.75, 3.05) is 19.6 Å². The summed E-state index contributed by atoms with van der Waals surface area (Å²) in [6, 6.07) is 18.3. The Balaban J connectivity index is 1.51. The van der Waals surface area contributed by atoms with Gasteiger partial charge in [0.25, 0.3) is 5.91 Å². The van der Waals surface area contributed by atoms with Gasteiger partial charge in [0.2, 0.25) is 0 Å². The Kier molecular flexibility index (Phi) is 5.65. The zero-order valence-electron chi connectivity index (χ0n) is 14.4. The van der Waals surface area contributed by atoms with Crippen LogP contribution in [0.5, 0.6) is 0 Å². The molecule has 1 N–H and O–H groups in total. The summed E-state index contributed by atoms with van der Waals surface area (Å²) in [7, 11) is 0. The standard InChI is InChI=1S/C21H26N2O/c1-17(19-7-3-2-4-8-19)15-22-21(24)20-11-9-18(10-12-20)16-23-13-5-6-14-23/h2-4,7-12,17H,5-6,13-16H2,1H3,(H,22,24)/t17-/m0/s1. The molecular weight excluding hydrogens is 296 g/mol. The summed E-state index contributed by atoms with van der Waals surface area (Å²) in [6.07, 6.45) is 2.61. The number of benzene rings is 2. The molecule has 1 aliphatic heterocycles. The maximum Gasteiger partial charge on any atom is 0.251 e. The van der Waals surface area contributed by atoms with E-state index >= 15 is 0 Å². The van der Waals surface area contributed by atoms with Gasteiger partial charge in [-0.1, -0.05) is 49.4 Å². The van der Waals surface area contributed by atoms with Gasteiger partial charge in [-0.25, -0.2) is 0 Å². The molecule has 0 bridgehead atoms. The topological polar surface area (TPSA) is 32.3 Å². The molecule has 126 valence electrons. The minimum Gasteiger partial charge on any atom is -0.351 e. The largest absolute Gasteiger partial charge is 0.351 e. The third-order valence-corrected chi connectivity index (χ3v) is 4.76. The van der Waals surface area contributed by atoms with Crippen LogP contribution >= 0.6 is 0 Å². The van der Waals surface area contributed by atoms with Crippen LogP contribution in [-0.2, 0) is 6.54 Å². The predicted octanol–water partition coefficient (Wildman–Crippen LogP) is 3.82. The highest BCUT2D eigenvalue weighted by atomic mass is 16.1. The molecule has 1 atom stereocenters. The van der Waals surface area contributed by atoms with Crippen LogP contribution in [-0.4, -0.2) is 30.4 Å². The van der Waals surface area contributed by atoms with Crippen molar-refractivity contribution in [3.63, 3.8) is 0 Å². The molecule has 1 heterocycles. The van der Waals surface area contributed by atoms with E-state index in [0.717, 1.165) is 12.1 Å². The highest BCUT2D eigenvalue weighted by Crippen LogP contribution is 2.15. The average molecular weight is 322 g/mol. The van der Waals surface area contributed by atoms with Crippen molar-refractivity contribution in [3.05, 3.63) is 71.3 Å². The molecule has 0 aliphatic carbocycles. The summed E-state index contributed by atoms with van der Waals surface area (Å²) in [5.41, 5.74) is 3.27. The molecule has 3 heteroatoms. The highest BCUT2D eigenvalue weighted by molar-refractivity contribution is 5.94. The fourth-order valence-electron chi connectivity index (χ4n) is 3.21. The van der Waals surface area contributed by atoms with Gasteiger partial charge in [-0.2, -0.15) is 0 Å². The summed E-state index contributed by atoms with van der Waals surface area (Å²) < 4.78 is 0. The second-order valence-corrected chi connectivity index (χ2v) is 6.70. The molecular formula is C21H26N2O. The first-order chi connectivity index (χ1) is 11.7. The third kappa shape index (κ3) is 4.45. The molecule has 1 amide bonds. The zero-order valence-corrected chi connectivity index (χ0v) is 14.4. The van der Waals surface area contributed by atoms with Gasteiger partial charge >= 0.3 is 0 Å². The van der Waals surface area contributed by atoms with Crippen LogP contribution in [0.25, 0.3) is 0 Å². The maximum absolute atomic E-state index is 12.3. The number of carbonyl (C=O) groups is 1. The number of rotatable bonds is 6. The van der Waals surface area contributed by atoms with Crippen LogP contribution < -0.4 is 5.32 Å². The van der Waals surface area contributed by atoms with Gasteiger partial charge in [0.15, 0.2) is 0 Å². The summed E-state index contributed by atoms with van der Waals surface area (Å²) in [4.78, 5) is 14.8. The number of nitrogens with one attached hydrogen (secondary N) is 1. The summed E-state index contributed by atoms with van der Waals surface area (Å²) >= 11 is 0. The van der Waals surface area contributed by atoms with Crippen LogP contribution in [0.1, 0.15) is 47.2 Å². The Bertz CT molecular complexity index is 645. The van der Waals surface area contributed by atoms with Crippen molar-refractivity contribution in [2.24, 2.45) is 0 Å². The molecule has 0 aromatic heterocycles. The van der Waals surface area contributed by atoms with E-state index < -0.39 is 0 Å². The fourth-order valence-corrected chi connectivity index (χ4v) is 3.21. The van der Waals surface area contributed by atoms with E-state index in [-0.39, 0.29) is 5.91 Å². The van der Waals surface area contributed by atoms with Crippen LogP contribution in [0.2, 0.25) is 0 Å². The van der Waals surface area contributed by atoms with Gasteiger partial charge < -0.3 is 5.32 Å². The minimum atomic E-state index is 0.00510. The first-order valence-corrected chi connectivity index (χ1v) is 8.87. The van der Waals surface area contributed by atoms with Gasteiger partial charge in [0, 0.05) is 18.7 Å². The third-order valence-electron chi connectivity index (χ3n) is 4.76. The SMILES string of the molecule is C[C@@H](CNC(=O)c1ccc(CN2CCCC2)cc1)c1ccccc1. The predicted molar refractivity (Wildman–Crippen MR) is 98.1 cm³/mol. The molecule has 2 aromatic rings. The van der Waals surface area contributed by atoms with Crippen LogP contribution in [0.15, 0.2) is 54.6 Å². The summed E-state index contributed by atoms with van der Waals surface area (Å²) in [5, 5.41) is 3.04. The monoisotopic (exact) mass is 322 g/mol. The zero-order chi connectivity index (χ0) is 16.8. The van der Waals surface area contributed by atoms with E-state index in [1.807, 2.05) is 30.3 Å². The number of hydrogen-bond acceptors (Lipinski definition) is 2. The van der Waals surface area contributed by atoms with Gasteiger partial charge in [0.1, 0.15) is 0 Å². The highest BCUT2D eigenvalue weighted by Gasteiger charge is 2.13. The Hall–Kier alpha value is -2.13. The second kappa shape index (κ2) is 8.11. The maximum atomic E-state index is 12.3. The molecule has 0 unspecified atom stereocenters. The lowest BCUT2D eigenvalue weighted by Crippen LogP contribution is -2.27. The van der Waals surface area contributed by atoms with Gasteiger partial charge in [0.05, 0.1) is 0 Å². The smallest absolute Gasteiger partial charge is 0.251 e. The lowest BCUT2D eigenvalue weighted by atomic mass is 10.0. The molecule has 0 saturated carbocycles. The van der Waals surface area contributed by atoms with Crippen molar-refractivity contribution in [3.8, 4) is 0 Å². The number of likely N-dealkylation sites (tertiary alicyclic amines) is 1. The van der Waals surface area contributed by atoms with E-state index in [9.17, 15) is 4.79 Å². The molecule has 24 heavy (non-hydrogen) atoms. The van der Waals surface area contributed by atoms with Gasteiger partial charge in [-0.05, 0) is 55.1 Å². The van der Waals surface area contributed by atoms with Gasteiger partial charge in [-0.3, -0.25) is 9.69 Å². The Morgan fingerprint density at radius 2 is 1.71 bits per heavy atom. The Morgan fingerprint density at radius 1 is 1.04 bits per heavy atom. The van der Waals surface area contributed by atoms with E-state index in [4.69, 9.17) is 0 Å². The lowest BCUT2D eigenvalue weighted by molar-refractivity contribution is 0.0951. The lowest BCUT2D eigenvalue weighted by Gasteiger charge is -2.15. The number of amides is 1. The van der Waals surface area contributed by atoms with Gasteiger partial charge in [-0.15, -0.1) is 0 Å². The Morgan fingerprint density at radius 3 is 2.38 bits per heavy atom. The van der Waals surface area contributed by atoms with Crippen LogP contribution in [0.3, 0.4) is 0 Å². The number of carbonyl (C=O) groups excluding carboxylic acids is 1. The minimum absolute atomic E-state index is 0.00510. The summed E-state index contributed by atoms with van der Waals surface area (Å²) in [5.74, 6) is 0.315. The van der Waals surface area contributed by atoms with Crippen molar-refractivity contribution < 1.29 is 4.79 Å². The van der Waals surface area contributed by atoms with Crippen molar-refractivity contribution in [2.45, 2.75) is 32.2 Å². The number of hydrogen-bond donors (Lipinski definition) is 1.